The predicted octanol–water partition coefficient (Wildman–Crippen LogP) is 2.44. The van der Waals surface area contributed by atoms with Crippen LogP contribution in [0.25, 0.3) is 0 Å². The highest BCUT2D eigenvalue weighted by atomic mass is 31.1. The maximum absolute atomic E-state index is 11.9. The van der Waals surface area contributed by atoms with Crippen LogP contribution in [0.15, 0.2) is 0 Å². The second kappa shape index (κ2) is 7.39. The molecule has 3 atom stereocenters. The highest BCUT2D eigenvalue weighted by Crippen LogP contribution is 2.32. The molecule has 0 bridgehead atoms. The van der Waals surface area contributed by atoms with Gasteiger partial charge in [0.25, 0.3) is 6.36 Å². The molecular weight excluding hydrogens is 201 g/mol. The van der Waals surface area contributed by atoms with E-state index in [-0.39, 0.29) is 6.15 Å². The van der Waals surface area contributed by atoms with Crippen molar-refractivity contribution >= 4 is 8.03 Å². The van der Waals surface area contributed by atoms with Gasteiger partial charge in [-0.15, -0.1) is 4.52 Å². The topological polar surface area (TPSA) is 61.3 Å². The molecule has 0 radical (unpaired) electrons. The molecule has 0 saturated carbocycles. The van der Waals surface area contributed by atoms with E-state index in [9.17, 15) is 22.1 Å². The van der Waals surface area contributed by atoms with E-state index in [4.69, 9.17) is 0 Å². The van der Waals surface area contributed by atoms with Gasteiger partial charge in [-0.05, 0) is 4.57 Å². The molecule has 12 heavy (non-hydrogen) atoms. The van der Waals surface area contributed by atoms with Crippen molar-refractivity contribution in [2.45, 2.75) is 12.3 Å². The van der Waals surface area contributed by atoms with E-state index in [1.165, 1.54) is 0 Å². The van der Waals surface area contributed by atoms with Gasteiger partial charge in [0.15, 0.2) is 6.67 Å². The summed E-state index contributed by atoms with van der Waals surface area (Å²) in [6.07, 6.45) is -2.44. The van der Waals surface area contributed by atoms with E-state index in [1.54, 1.807) is 0 Å². The first kappa shape index (κ1) is 14.3. The highest BCUT2D eigenvalue weighted by molar-refractivity contribution is 7.39. The summed E-state index contributed by atoms with van der Waals surface area (Å²) >= 11 is 0. The van der Waals surface area contributed by atoms with Gasteiger partial charge in [0.1, 0.15) is 6.67 Å². The summed E-state index contributed by atoms with van der Waals surface area (Å²) < 4.78 is 60.2. The molecule has 0 aliphatic rings. The number of halogens is 4. The zero-order valence-corrected chi connectivity index (χ0v) is 6.95. The minimum Gasteiger partial charge on any atom is -0.344 e. The summed E-state index contributed by atoms with van der Waals surface area (Å²) in [7, 11) is -3.09. The third-order valence-corrected chi connectivity index (χ3v) is 1.73. The molecule has 0 fully saturated rings. The molecular formula is C4H9F4NO2P+. The molecule has 0 aliphatic carbocycles. The molecule has 3 unspecified atom stereocenters. The quantitative estimate of drug-likeness (QED) is 0.559. The smallest absolute Gasteiger partial charge is 0.344 e. The fourth-order valence-electron chi connectivity index (χ4n) is 0.263. The third-order valence-electron chi connectivity index (χ3n) is 0.696. The summed E-state index contributed by atoms with van der Waals surface area (Å²) in [6.45, 7) is -3.06. The largest absolute Gasteiger partial charge is 0.551 e. The van der Waals surface area contributed by atoms with Gasteiger partial charge in [-0.25, -0.2) is 13.2 Å². The van der Waals surface area contributed by atoms with Gasteiger partial charge in [0.05, 0.1) is 0 Å². The summed E-state index contributed by atoms with van der Waals surface area (Å²) in [4.78, 5) is 0. The Morgan fingerprint density at radius 1 is 1.25 bits per heavy atom. The Balaban J connectivity index is 0. The average Bonchev–Trinajstić information content (AvgIpc) is 2.02. The molecule has 0 aromatic heterocycles. The van der Waals surface area contributed by atoms with Crippen molar-refractivity contribution in [3.63, 3.8) is 0 Å². The van der Waals surface area contributed by atoms with Crippen molar-refractivity contribution in [3.8, 4) is 0 Å². The van der Waals surface area contributed by atoms with Gasteiger partial charge in [-0.1, -0.05) is 0 Å². The predicted molar refractivity (Wildman–Crippen MR) is 35.5 cm³/mol. The van der Waals surface area contributed by atoms with Crippen molar-refractivity contribution in [1.82, 2.24) is 6.15 Å². The number of hydrogen-bond donors (Lipinski definition) is 1. The van der Waals surface area contributed by atoms with Crippen LogP contribution in [-0.2, 0) is 9.09 Å². The van der Waals surface area contributed by atoms with Crippen LogP contribution >= 0.6 is 8.03 Å². The van der Waals surface area contributed by atoms with E-state index in [2.05, 4.69) is 4.52 Å². The lowest BCUT2D eigenvalue weighted by Gasteiger charge is -1.93. The number of alkyl halides is 4. The van der Waals surface area contributed by atoms with Crippen LogP contribution in [0.3, 0.4) is 0 Å². The molecule has 0 aromatic carbocycles. The minimum atomic E-state index is -3.09. The lowest BCUT2D eigenvalue weighted by molar-refractivity contribution is 0.0465. The molecule has 0 amide bonds. The molecule has 3 N–H and O–H groups in total. The molecule has 0 aromatic rings. The van der Waals surface area contributed by atoms with Crippen molar-refractivity contribution in [2.24, 2.45) is 0 Å². The van der Waals surface area contributed by atoms with E-state index in [0.717, 1.165) is 0 Å². The minimum absolute atomic E-state index is 0. The molecule has 74 valence electrons. The van der Waals surface area contributed by atoms with Crippen molar-refractivity contribution in [2.75, 3.05) is 13.3 Å². The second-order valence-electron chi connectivity index (χ2n) is 1.54. The fraction of sp³-hybridized carbons (Fsp3) is 1.00. The summed E-state index contributed by atoms with van der Waals surface area (Å²) in [5.74, 6) is -2.38. The van der Waals surface area contributed by atoms with Crippen LogP contribution in [0.2, 0.25) is 0 Å². The molecule has 0 spiro atoms. The maximum atomic E-state index is 11.9. The van der Waals surface area contributed by atoms with Crippen LogP contribution in [0.4, 0.5) is 17.6 Å². The Bertz CT molecular complexity index is 138. The van der Waals surface area contributed by atoms with Crippen molar-refractivity contribution < 1.29 is 26.7 Å². The van der Waals surface area contributed by atoms with E-state index in [1.807, 2.05) is 0 Å². The van der Waals surface area contributed by atoms with Gasteiger partial charge < -0.3 is 6.15 Å². The first-order valence-corrected chi connectivity index (χ1v) is 3.89. The number of hydrogen-bond acceptors (Lipinski definition) is 3. The van der Waals surface area contributed by atoms with Gasteiger partial charge >= 0.3 is 13.9 Å². The summed E-state index contributed by atoms with van der Waals surface area (Å²) in [6, 6.07) is 0. The maximum Gasteiger partial charge on any atom is 0.551 e. The van der Waals surface area contributed by atoms with Crippen molar-refractivity contribution in [1.29, 1.82) is 0 Å². The normalized spacial score (nSPS) is 16.2. The van der Waals surface area contributed by atoms with Gasteiger partial charge in [-0.3, -0.25) is 0 Å². The third kappa shape index (κ3) is 5.40. The lowest BCUT2D eigenvalue weighted by Crippen LogP contribution is -2.07. The van der Waals surface area contributed by atoms with Gasteiger partial charge in [-0.2, -0.15) is 4.39 Å². The van der Waals surface area contributed by atoms with Crippen molar-refractivity contribution in [3.05, 3.63) is 0 Å². The Morgan fingerprint density at radius 3 is 2.08 bits per heavy atom. The number of rotatable bonds is 5. The average molecular weight is 210 g/mol. The lowest BCUT2D eigenvalue weighted by atomic mass is 10.8. The van der Waals surface area contributed by atoms with E-state index in [0.29, 0.717) is 0 Å². The second-order valence-corrected chi connectivity index (χ2v) is 2.89. The molecule has 3 nitrogen and oxygen atoms in total. The summed E-state index contributed by atoms with van der Waals surface area (Å²) in [5.41, 5.74) is 0. The molecule has 0 heterocycles. The fourth-order valence-corrected chi connectivity index (χ4v) is 0.790. The Morgan fingerprint density at radius 2 is 1.75 bits per heavy atom. The first-order chi connectivity index (χ1) is 5.11. The molecule has 0 saturated heterocycles. The zero-order chi connectivity index (χ0) is 8.85. The van der Waals surface area contributed by atoms with E-state index >= 15 is 0 Å². The molecule has 8 heteroatoms. The SMILES string of the molecule is N.O=[P+](OC(F)CF)C(F)CF. The van der Waals surface area contributed by atoms with Crippen LogP contribution in [-0.4, -0.2) is 25.6 Å². The van der Waals surface area contributed by atoms with Gasteiger partial charge in [0.2, 0.25) is 0 Å². The Hall–Kier alpha value is -0.260. The van der Waals surface area contributed by atoms with Crippen LogP contribution in [0.5, 0.6) is 0 Å². The van der Waals surface area contributed by atoms with E-state index < -0.39 is 33.6 Å². The first-order valence-electron chi connectivity index (χ1n) is 2.65. The highest BCUT2D eigenvalue weighted by Gasteiger charge is 2.36. The van der Waals surface area contributed by atoms with Crippen LogP contribution in [0.1, 0.15) is 0 Å². The van der Waals surface area contributed by atoms with Crippen LogP contribution in [0, 0.1) is 0 Å². The molecule has 0 aliphatic heterocycles. The van der Waals surface area contributed by atoms with Crippen LogP contribution < -0.4 is 6.15 Å². The summed E-state index contributed by atoms with van der Waals surface area (Å²) in [5, 5.41) is 0. The monoisotopic (exact) mass is 210 g/mol. The zero-order valence-electron chi connectivity index (χ0n) is 6.05. The standard InChI is InChI=1S/C4H6F4O2P.H3N/c5-1-3(7)10-11(9)4(8)2-6;/h3-4H,1-2H2;1H3/q+1;. The molecule has 0 rings (SSSR count). The Kier molecular flexibility index (Phi) is 8.79. The Labute approximate surface area is 67.5 Å². The van der Waals surface area contributed by atoms with Gasteiger partial charge in [0, 0.05) is 0 Å².